The molecule has 0 aromatic heterocycles. The van der Waals surface area contributed by atoms with Gasteiger partial charge in [0.2, 0.25) is 0 Å². The highest BCUT2D eigenvalue weighted by molar-refractivity contribution is 5.84. The summed E-state index contributed by atoms with van der Waals surface area (Å²) in [6.45, 7) is 15.4. The zero-order valence-electron chi connectivity index (χ0n) is 39.2. The number of aliphatic hydroxyl groups is 9. The van der Waals surface area contributed by atoms with E-state index in [-0.39, 0.29) is 46.4 Å². The number of carbonyl (C=O) groups excluding carboxylic acids is 2. The van der Waals surface area contributed by atoms with Crippen LogP contribution in [0.3, 0.4) is 0 Å². The first-order valence-corrected chi connectivity index (χ1v) is 24.0. The van der Waals surface area contributed by atoms with E-state index in [1.807, 2.05) is 6.92 Å². The smallest absolute Gasteiger partial charge is 0.187 e. The topological polar surface area (TPSA) is 272 Å². The molecule has 17 heteroatoms. The van der Waals surface area contributed by atoms with E-state index < -0.39 is 121 Å². The second kappa shape index (κ2) is 17.4. The van der Waals surface area contributed by atoms with Crippen molar-refractivity contribution in [2.75, 3.05) is 13.2 Å². The van der Waals surface area contributed by atoms with Crippen LogP contribution >= 0.6 is 0 Å². The summed E-state index contributed by atoms with van der Waals surface area (Å²) in [5.74, 6) is -0.0406. The van der Waals surface area contributed by atoms with Crippen molar-refractivity contribution >= 4 is 12.1 Å². The molecule has 11 unspecified atom stereocenters. The van der Waals surface area contributed by atoms with E-state index in [1.165, 1.54) is 12.5 Å². The van der Waals surface area contributed by atoms with E-state index in [9.17, 15) is 55.5 Å². The van der Waals surface area contributed by atoms with Gasteiger partial charge in [0, 0.05) is 0 Å². The van der Waals surface area contributed by atoms with Crippen LogP contribution in [-0.4, -0.2) is 169 Å². The quantitative estimate of drug-likeness (QED) is 0.0888. The number of rotatable bonds is 9. The number of aliphatic hydroxyl groups excluding tert-OH is 9. The van der Waals surface area contributed by atoms with Gasteiger partial charge < -0.3 is 79.2 Å². The van der Waals surface area contributed by atoms with Gasteiger partial charge in [0.1, 0.15) is 73.1 Å². The minimum absolute atomic E-state index is 0.0225. The van der Waals surface area contributed by atoms with E-state index >= 15 is 0 Å². The number of hydrogen-bond acceptors (Lipinski definition) is 17. The number of allylic oxidation sites excluding steroid dienone is 2. The lowest BCUT2D eigenvalue weighted by atomic mass is 9.33. The Balaban J connectivity index is 1.09. The Kier molecular flexibility index (Phi) is 13.4. The predicted molar refractivity (Wildman–Crippen MR) is 228 cm³/mol. The van der Waals surface area contributed by atoms with Crippen LogP contribution in [0.1, 0.15) is 113 Å². The van der Waals surface area contributed by atoms with Crippen molar-refractivity contribution in [3.8, 4) is 0 Å². The Morgan fingerprint density at radius 1 is 0.754 bits per heavy atom. The van der Waals surface area contributed by atoms with E-state index in [0.717, 1.165) is 32.0 Å². The first-order chi connectivity index (χ1) is 30.3. The lowest BCUT2D eigenvalue weighted by Crippen LogP contribution is -2.68. The van der Waals surface area contributed by atoms with Crippen molar-refractivity contribution in [1.82, 2.24) is 0 Å². The van der Waals surface area contributed by atoms with Gasteiger partial charge in [0.05, 0.1) is 42.4 Å². The highest BCUT2D eigenvalue weighted by Gasteiger charge is 2.71. The summed E-state index contributed by atoms with van der Waals surface area (Å²) in [4.78, 5) is 27.4. The number of ether oxygens (including phenoxy) is 6. The van der Waals surface area contributed by atoms with Crippen LogP contribution in [-0.2, 0) is 38.0 Å². The predicted octanol–water partition coefficient (Wildman–Crippen LogP) is 1.03. The SMILES string of the molecule is CC(=O)[C@]12CCC(C)(C)CC1C1=CCC3C4(C)CC[C@H](O[C@@H]5OC[C@@H](O)[C@H](O[C@@H]6O[C@@H](C)[C@H](O)C(O)C6O)C5O[C@@H]5OC(CO)[C@H](O)[C@H](O)C5O)C(C)(C=O)[C@@H]4CCC3(C)C1(C)C[C@H]2O. The first kappa shape index (κ1) is 49.9. The summed E-state index contributed by atoms with van der Waals surface area (Å²) >= 11 is 0. The molecule has 0 spiro atoms. The Morgan fingerprint density at radius 2 is 1.40 bits per heavy atom. The first-order valence-electron chi connectivity index (χ1n) is 24.0. The van der Waals surface area contributed by atoms with E-state index in [0.29, 0.717) is 32.1 Å². The van der Waals surface area contributed by atoms with E-state index in [2.05, 4.69) is 40.7 Å². The molecule has 3 aliphatic heterocycles. The molecule has 0 aromatic carbocycles. The Hall–Kier alpha value is -1.52. The molecule has 0 aromatic rings. The monoisotopic (exact) mass is 925 g/mol. The van der Waals surface area contributed by atoms with E-state index in [4.69, 9.17) is 28.4 Å². The zero-order valence-corrected chi connectivity index (χ0v) is 39.2. The Morgan fingerprint density at radius 3 is 2.05 bits per heavy atom. The van der Waals surface area contributed by atoms with Crippen LogP contribution < -0.4 is 0 Å². The molecular formula is C48H76O17. The zero-order chi connectivity index (χ0) is 47.6. The molecule has 4 saturated carbocycles. The van der Waals surface area contributed by atoms with Gasteiger partial charge >= 0.3 is 0 Å². The van der Waals surface area contributed by atoms with Crippen LogP contribution in [0.5, 0.6) is 0 Å². The molecule has 0 radical (unpaired) electrons. The summed E-state index contributed by atoms with van der Waals surface area (Å²) in [5.41, 5.74) is -1.58. The average Bonchev–Trinajstić information content (AvgIpc) is 3.24. The minimum Gasteiger partial charge on any atom is -0.394 e. The van der Waals surface area contributed by atoms with Crippen molar-refractivity contribution in [3.05, 3.63) is 11.6 Å². The third-order valence-corrected chi connectivity index (χ3v) is 19.2. The van der Waals surface area contributed by atoms with Crippen LogP contribution in [0.2, 0.25) is 0 Å². The molecule has 7 fully saturated rings. The number of Topliss-reactive ketones (excluding diaryl/α,β-unsaturated/α-hetero) is 1. The number of aldehydes is 1. The van der Waals surface area contributed by atoms with Crippen molar-refractivity contribution in [2.45, 2.75) is 211 Å². The summed E-state index contributed by atoms with van der Waals surface area (Å²) in [6.07, 6.45) is -14.0. The van der Waals surface area contributed by atoms with Gasteiger partial charge in [-0.1, -0.05) is 53.2 Å². The molecule has 65 heavy (non-hydrogen) atoms. The Labute approximate surface area is 381 Å². The van der Waals surface area contributed by atoms with Crippen molar-refractivity contribution < 1.29 is 84.0 Å². The van der Waals surface area contributed by atoms with Gasteiger partial charge in [-0.15, -0.1) is 0 Å². The molecule has 370 valence electrons. The fraction of sp³-hybridized carbons (Fsp3) is 0.917. The standard InChI is InChI=1S/C48H76O17/c1-22-32(54)34(56)36(58)40(61-22)64-38-26(52)20-60-42(39(38)65-41-37(59)35(57)33(55)27(19-49)62-41)63-31-12-13-44(5)28(45(31,6)21-50)11-14-46(7)29(44)10-9-24-25-17-43(3,4)15-16-48(25,23(2)51)30(53)18-47(24,46)8/h9,21-22,25-42,49,52-59H,10-20H2,1-8H3/t22-,25?,26+,27?,28+,29?,30+,31-,32-,33-,34?,35-,36?,37?,38-,39?,40-,41-,42-,44?,45?,46?,47?,48+/m0/s1. The molecule has 0 bridgehead atoms. The van der Waals surface area contributed by atoms with Crippen LogP contribution in [0, 0.1) is 50.2 Å². The van der Waals surface area contributed by atoms with Gasteiger partial charge in [0.25, 0.3) is 0 Å². The van der Waals surface area contributed by atoms with Gasteiger partial charge in [-0.3, -0.25) is 4.79 Å². The number of fused-ring (bicyclic) bond motifs is 7. The third kappa shape index (κ3) is 7.59. The van der Waals surface area contributed by atoms with Gasteiger partial charge in [-0.2, -0.15) is 0 Å². The molecule has 8 rings (SSSR count). The highest BCUT2D eigenvalue weighted by atomic mass is 16.8. The lowest BCUT2D eigenvalue weighted by Gasteiger charge is -2.71. The van der Waals surface area contributed by atoms with Crippen molar-refractivity contribution in [3.63, 3.8) is 0 Å². The second-order valence-corrected chi connectivity index (χ2v) is 23.0. The number of hydrogen-bond donors (Lipinski definition) is 9. The van der Waals surface area contributed by atoms with Crippen LogP contribution in [0.4, 0.5) is 0 Å². The van der Waals surface area contributed by atoms with Crippen LogP contribution in [0.25, 0.3) is 0 Å². The van der Waals surface area contributed by atoms with Crippen LogP contribution in [0.15, 0.2) is 11.6 Å². The summed E-state index contributed by atoms with van der Waals surface area (Å²) in [5, 5.41) is 97.7. The molecule has 8 aliphatic rings. The van der Waals surface area contributed by atoms with Crippen molar-refractivity contribution in [2.24, 2.45) is 50.2 Å². The fourth-order valence-electron chi connectivity index (χ4n) is 15.0. The van der Waals surface area contributed by atoms with Gasteiger partial charge in [0.15, 0.2) is 18.9 Å². The second-order valence-electron chi connectivity index (χ2n) is 23.0. The maximum Gasteiger partial charge on any atom is 0.187 e. The normalized spacial score (nSPS) is 55.4. The van der Waals surface area contributed by atoms with Gasteiger partial charge in [-0.05, 0) is 111 Å². The molecular weight excluding hydrogens is 849 g/mol. The van der Waals surface area contributed by atoms with Gasteiger partial charge in [-0.25, -0.2) is 0 Å². The molecule has 17 nitrogen and oxygen atoms in total. The molecule has 5 aliphatic carbocycles. The molecule has 3 saturated heterocycles. The van der Waals surface area contributed by atoms with Crippen molar-refractivity contribution in [1.29, 1.82) is 0 Å². The van der Waals surface area contributed by atoms with E-state index in [1.54, 1.807) is 6.92 Å². The molecule has 9 N–H and O–H groups in total. The summed E-state index contributed by atoms with van der Waals surface area (Å²) in [7, 11) is 0. The maximum absolute atomic E-state index is 13.8. The molecule has 3 heterocycles. The lowest BCUT2D eigenvalue weighted by molar-refractivity contribution is -0.387. The summed E-state index contributed by atoms with van der Waals surface area (Å²) in [6, 6.07) is 0. The molecule has 0 amide bonds. The third-order valence-electron chi connectivity index (χ3n) is 19.2. The largest absolute Gasteiger partial charge is 0.394 e. The highest BCUT2D eigenvalue weighted by Crippen LogP contribution is 2.76. The fourth-order valence-corrected chi connectivity index (χ4v) is 15.0. The number of ketones is 1. The average molecular weight is 925 g/mol. The minimum atomic E-state index is -1.87. The number of carbonyl (C=O) groups is 2. The summed E-state index contributed by atoms with van der Waals surface area (Å²) < 4.78 is 36.8. The Bertz CT molecular complexity index is 1810. The maximum atomic E-state index is 13.8. The molecule has 24 atom stereocenters.